The molecule has 3 aromatic rings. The summed E-state index contributed by atoms with van der Waals surface area (Å²) in [7, 11) is 0. The molecule has 0 atom stereocenters. The third-order valence-electron chi connectivity index (χ3n) is 2.79. The molecule has 2 aromatic heterocycles. The van der Waals surface area contributed by atoms with E-state index in [1.165, 1.54) is 11.3 Å². The molecule has 0 aliphatic heterocycles. The molecule has 0 spiro atoms. The number of hydrogen-bond donors (Lipinski definition) is 1. The van der Waals surface area contributed by atoms with E-state index in [9.17, 15) is 4.79 Å². The zero-order chi connectivity index (χ0) is 15.7. The van der Waals surface area contributed by atoms with E-state index in [0.29, 0.717) is 32.2 Å². The highest BCUT2D eigenvalue weighted by molar-refractivity contribution is 7.14. The van der Waals surface area contributed by atoms with Crippen LogP contribution in [0.1, 0.15) is 16.2 Å². The fourth-order valence-corrected chi connectivity index (χ4v) is 2.88. The number of aryl methyl sites for hydroxylation is 1. The second-order valence-corrected chi connectivity index (χ2v) is 6.14. The molecule has 0 bridgehead atoms. The lowest BCUT2D eigenvalue weighted by Gasteiger charge is -2.01. The lowest BCUT2D eigenvalue weighted by Crippen LogP contribution is -2.11. The molecule has 1 N–H and O–H groups in total. The highest BCUT2D eigenvalue weighted by Gasteiger charge is 2.14. The van der Waals surface area contributed by atoms with E-state index < -0.39 is 0 Å². The lowest BCUT2D eigenvalue weighted by atomic mass is 10.2. The van der Waals surface area contributed by atoms with Gasteiger partial charge in [-0.05, 0) is 25.1 Å². The van der Waals surface area contributed by atoms with Crippen molar-refractivity contribution in [2.45, 2.75) is 6.92 Å². The van der Waals surface area contributed by atoms with Crippen LogP contribution in [-0.2, 0) is 0 Å². The van der Waals surface area contributed by atoms with E-state index in [0.717, 1.165) is 0 Å². The van der Waals surface area contributed by atoms with Crippen LogP contribution in [0.15, 0.2) is 34.2 Å². The minimum atomic E-state index is -0.380. The van der Waals surface area contributed by atoms with Gasteiger partial charge in [-0.25, -0.2) is 4.98 Å². The van der Waals surface area contributed by atoms with Crippen LogP contribution in [0.25, 0.3) is 11.3 Å². The van der Waals surface area contributed by atoms with E-state index in [1.807, 2.05) is 0 Å². The molecule has 0 fully saturated rings. The van der Waals surface area contributed by atoms with Gasteiger partial charge in [-0.1, -0.05) is 28.4 Å². The van der Waals surface area contributed by atoms with Crippen LogP contribution in [-0.4, -0.2) is 16.0 Å². The van der Waals surface area contributed by atoms with E-state index in [1.54, 1.807) is 36.6 Å². The first-order valence-corrected chi connectivity index (χ1v) is 7.82. The van der Waals surface area contributed by atoms with Gasteiger partial charge in [0, 0.05) is 22.0 Å². The van der Waals surface area contributed by atoms with Crippen LogP contribution in [0.4, 0.5) is 5.13 Å². The van der Waals surface area contributed by atoms with Crippen LogP contribution in [0, 0.1) is 6.92 Å². The van der Waals surface area contributed by atoms with Crippen molar-refractivity contribution in [3.8, 4) is 11.3 Å². The van der Waals surface area contributed by atoms with Gasteiger partial charge < -0.3 is 4.52 Å². The number of hydrogen-bond acceptors (Lipinski definition) is 5. The maximum absolute atomic E-state index is 12.0. The smallest absolute Gasteiger partial charge is 0.279 e. The third-order valence-corrected chi connectivity index (χ3v) is 4.11. The average Bonchev–Trinajstić information content (AvgIpc) is 3.11. The first-order valence-electron chi connectivity index (χ1n) is 6.18. The van der Waals surface area contributed by atoms with Crippen LogP contribution in [0.5, 0.6) is 0 Å². The molecule has 0 aliphatic carbocycles. The SMILES string of the molecule is Cc1cc(C(=O)Nc2nc(-c3cc(Cl)ccc3Cl)cs2)no1. The van der Waals surface area contributed by atoms with E-state index in [4.69, 9.17) is 27.7 Å². The van der Waals surface area contributed by atoms with Crippen molar-refractivity contribution < 1.29 is 9.32 Å². The molecule has 3 rings (SSSR count). The molecule has 8 heteroatoms. The van der Waals surface area contributed by atoms with Crippen molar-refractivity contribution in [1.29, 1.82) is 0 Å². The Morgan fingerprint density at radius 2 is 2.14 bits per heavy atom. The fourth-order valence-electron chi connectivity index (χ4n) is 1.78. The van der Waals surface area contributed by atoms with Gasteiger partial charge >= 0.3 is 0 Å². The van der Waals surface area contributed by atoms with Crippen molar-refractivity contribution in [3.63, 3.8) is 0 Å². The number of rotatable bonds is 3. The van der Waals surface area contributed by atoms with Crippen molar-refractivity contribution in [2.24, 2.45) is 0 Å². The Morgan fingerprint density at radius 3 is 2.86 bits per heavy atom. The number of nitrogens with one attached hydrogen (secondary N) is 1. The molecule has 0 unspecified atom stereocenters. The molecular formula is C14H9Cl2N3O2S. The molecule has 5 nitrogen and oxygen atoms in total. The minimum Gasteiger partial charge on any atom is -0.361 e. The summed E-state index contributed by atoms with van der Waals surface area (Å²) < 4.78 is 4.87. The number of anilines is 1. The molecule has 22 heavy (non-hydrogen) atoms. The van der Waals surface area contributed by atoms with E-state index >= 15 is 0 Å². The fraction of sp³-hybridized carbons (Fsp3) is 0.0714. The number of carbonyl (C=O) groups is 1. The Morgan fingerprint density at radius 1 is 1.32 bits per heavy atom. The quantitative estimate of drug-likeness (QED) is 0.742. The van der Waals surface area contributed by atoms with Gasteiger partial charge in [0.1, 0.15) is 5.76 Å². The van der Waals surface area contributed by atoms with Crippen LogP contribution < -0.4 is 5.32 Å². The van der Waals surface area contributed by atoms with Crippen LogP contribution in [0.2, 0.25) is 10.0 Å². The standard InChI is InChI=1S/C14H9Cl2N3O2S/c1-7-4-11(19-21-7)13(20)18-14-17-12(6-22-14)9-5-8(15)2-3-10(9)16/h2-6H,1H3,(H,17,18,20). The van der Waals surface area contributed by atoms with Gasteiger partial charge in [-0.2, -0.15) is 0 Å². The summed E-state index contributed by atoms with van der Waals surface area (Å²) in [6, 6.07) is 6.69. The van der Waals surface area contributed by atoms with Gasteiger partial charge in [-0.3, -0.25) is 10.1 Å². The van der Waals surface area contributed by atoms with Crippen molar-refractivity contribution in [3.05, 3.63) is 51.1 Å². The second kappa shape index (κ2) is 6.08. The molecule has 0 saturated heterocycles. The largest absolute Gasteiger partial charge is 0.361 e. The summed E-state index contributed by atoms with van der Waals surface area (Å²) in [5.74, 6) is 0.186. The Balaban J connectivity index is 1.82. The molecular weight excluding hydrogens is 345 g/mol. The first kappa shape index (κ1) is 15.0. The molecule has 0 saturated carbocycles. The number of thiazole rings is 1. The van der Waals surface area contributed by atoms with Crippen LogP contribution in [0.3, 0.4) is 0 Å². The van der Waals surface area contributed by atoms with E-state index in [2.05, 4.69) is 15.5 Å². The highest BCUT2D eigenvalue weighted by atomic mass is 35.5. The number of benzene rings is 1. The molecule has 1 amide bonds. The molecule has 0 radical (unpaired) electrons. The predicted octanol–water partition coefficient (Wildman–Crippen LogP) is 4.67. The normalized spacial score (nSPS) is 10.7. The first-order chi connectivity index (χ1) is 10.5. The van der Waals surface area contributed by atoms with Crippen LogP contribution >= 0.6 is 34.5 Å². The summed E-state index contributed by atoms with van der Waals surface area (Å²) >= 11 is 13.4. The molecule has 112 valence electrons. The lowest BCUT2D eigenvalue weighted by molar-refractivity contribution is 0.101. The van der Waals surface area contributed by atoms with Gasteiger partial charge in [0.05, 0.1) is 10.7 Å². The van der Waals surface area contributed by atoms with Gasteiger partial charge in [0.15, 0.2) is 10.8 Å². The van der Waals surface area contributed by atoms with Gasteiger partial charge in [0.25, 0.3) is 5.91 Å². The number of aromatic nitrogens is 2. The third kappa shape index (κ3) is 3.14. The van der Waals surface area contributed by atoms with E-state index in [-0.39, 0.29) is 11.6 Å². The highest BCUT2D eigenvalue weighted by Crippen LogP contribution is 2.32. The second-order valence-electron chi connectivity index (χ2n) is 4.44. The predicted molar refractivity (Wildman–Crippen MR) is 86.8 cm³/mol. The Bertz CT molecular complexity index is 844. The van der Waals surface area contributed by atoms with Gasteiger partial charge in [-0.15, -0.1) is 11.3 Å². The topological polar surface area (TPSA) is 68.0 Å². The number of amides is 1. The van der Waals surface area contributed by atoms with Crippen molar-refractivity contribution in [1.82, 2.24) is 10.1 Å². The van der Waals surface area contributed by atoms with Crippen molar-refractivity contribution >= 4 is 45.6 Å². The van der Waals surface area contributed by atoms with Crippen molar-refractivity contribution in [2.75, 3.05) is 5.32 Å². The minimum absolute atomic E-state index is 0.204. The monoisotopic (exact) mass is 353 g/mol. The molecule has 1 aromatic carbocycles. The maximum atomic E-state index is 12.0. The number of nitrogens with zero attached hydrogens (tertiary/aromatic N) is 2. The summed E-state index contributed by atoms with van der Waals surface area (Å²) in [6.07, 6.45) is 0. The summed E-state index contributed by atoms with van der Waals surface area (Å²) in [4.78, 5) is 16.3. The Hall–Kier alpha value is -1.89. The number of carbonyl (C=O) groups excluding carboxylic acids is 1. The zero-order valence-electron chi connectivity index (χ0n) is 11.3. The Labute approximate surface area is 139 Å². The molecule has 2 heterocycles. The summed E-state index contributed by atoms with van der Waals surface area (Å²) in [5, 5.41) is 9.66. The summed E-state index contributed by atoms with van der Waals surface area (Å²) in [6.45, 7) is 1.71. The zero-order valence-corrected chi connectivity index (χ0v) is 13.6. The Kier molecular flexibility index (Phi) is 4.15. The van der Waals surface area contributed by atoms with Gasteiger partial charge in [0.2, 0.25) is 0 Å². The molecule has 0 aliphatic rings. The maximum Gasteiger partial charge on any atom is 0.279 e. The summed E-state index contributed by atoms with van der Waals surface area (Å²) in [5.41, 5.74) is 1.56. The average molecular weight is 354 g/mol. The number of halogens is 2.